The van der Waals surface area contributed by atoms with E-state index < -0.39 is 6.03 Å². The van der Waals surface area contributed by atoms with E-state index in [2.05, 4.69) is 32.5 Å². The molecule has 0 atom stereocenters. The van der Waals surface area contributed by atoms with Gasteiger partial charge in [0.15, 0.2) is 0 Å². The number of nitrogens with one attached hydrogen (secondary N) is 1. The number of rotatable bonds is 5. The summed E-state index contributed by atoms with van der Waals surface area (Å²) >= 11 is 0. The molecule has 180 valence electrons. The van der Waals surface area contributed by atoms with Gasteiger partial charge >= 0.3 is 12.0 Å². The fourth-order valence-corrected chi connectivity index (χ4v) is 3.97. The highest BCUT2D eigenvalue weighted by Crippen LogP contribution is 2.30. The predicted octanol–water partition coefficient (Wildman–Crippen LogP) is 3.67. The highest BCUT2D eigenvalue weighted by molar-refractivity contribution is 5.89. The van der Waals surface area contributed by atoms with Gasteiger partial charge in [0.1, 0.15) is 11.5 Å². The molecule has 2 amide bonds. The highest BCUT2D eigenvalue weighted by atomic mass is 16.5. The predicted molar refractivity (Wildman–Crippen MR) is 134 cm³/mol. The van der Waals surface area contributed by atoms with E-state index in [4.69, 9.17) is 10.5 Å². The lowest BCUT2D eigenvalue weighted by molar-refractivity contribution is 0.187. The molecule has 9 nitrogen and oxygen atoms in total. The summed E-state index contributed by atoms with van der Waals surface area (Å²) in [5.74, 6) is 0.502. The lowest BCUT2D eigenvalue weighted by Gasteiger charge is -2.07. The topological polar surface area (TPSA) is 128 Å². The van der Waals surface area contributed by atoms with Crippen LogP contribution in [0.25, 0.3) is 16.9 Å². The van der Waals surface area contributed by atoms with Gasteiger partial charge in [-0.25, -0.2) is 19.4 Å². The molecule has 4 aromatic rings. The van der Waals surface area contributed by atoms with Crippen LogP contribution >= 0.6 is 0 Å². The number of nitrogens with two attached hydrogens (primary N) is 1. The van der Waals surface area contributed by atoms with Crippen LogP contribution in [0.5, 0.6) is 6.01 Å². The number of amides is 2. The number of hydrogen-bond acceptors (Lipinski definition) is 6. The van der Waals surface area contributed by atoms with Gasteiger partial charge in [-0.1, -0.05) is 42.5 Å². The third-order valence-corrected chi connectivity index (χ3v) is 5.57. The number of urea groups is 1. The number of benzene rings is 2. The Morgan fingerprint density at radius 1 is 1.09 bits per heavy atom. The van der Waals surface area contributed by atoms with Crippen LogP contribution in [0.4, 0.5) is 10.6 Å². The Morgan fingerprint density at radius 3 is 2.26 bits per heavy atom. The van der Waals surface area contributed by atoms with Crippen molar-refractivity contribution in [3.8, 4) is 23.0 Å². The van der Waals surface area contributed by atoms with Crippen LogP contribution < -0.4 is 15.8 Å². The molecule has 4 N–H and O–H groups in total. The molecule has 2 heterocycles. The quantitative estimate of drug-likeness (QED) is 0.407. The van der Waals surface area contributed by atoms with E-state index >= 15 is 0 Å². The van der Waals surface area contributed by atoms with Crippen molar-refractivity contribution >= 4 is 11.8 Å². The molecule has 0 bridgehead atoms. The van der Waals surface area contributed by atoms with Crippen molar-refractivity contribution in [3.05, 3.63) is 83.7 Å². The summed E-state index contributed by atoms with van der Waals surface area (Å²) in [5.41, 5.74) is 10.9. The molecular weight excluding hydrogens is 444 g/mol. The summed E-state index contributed by atoms with van der Waals surface area (Å²) in [6, 6.07) is 17.3. The normalized spacial score (nSPS) is 12.4. The third-order valence-electron chi connectivity index (χ3n) is 5.57. The minimum atomic E-state index is -0.658. The van der Waals surface area contributed by atoms with E-state index in [0.717, 1.165) is 24.1 Å². The third kappa shape index (κ3) is 5.64. The first-order valence-corrected chi connectivity index (χ1v) is 11.4. The van der Waals surface area contributed by atoms with Gasteiger partial charge in [-0.3, -0.25) is 5.32 Å². The SMILES string of the molecule is CCOc1ncc(-c2nn(-c3ccccc3)c(NC(N)=O)c2C)cn1.OC1Cc2ccccc2C1. The van der Waals surface area contributed by atoms with Crippen LogP contribution in [-0.4, -0.2) is 43.6 Å². The number of anilines is 1. The highest BCUT2D eigenvalue weighted by Gasteiger charge is 2.19. The number of hydrogen-bond donors (Lipinski definition) is 3. The van der Waals surface area contributed by atoms with E-state index in [0.29, 0.717) is 29.7 Å². The Labute approximate surface area is 203 Å². The monoisotopic (exact) mass is 472 g/mol. The van der Waals surface area contributed by atoms with E-state index in [-0.39, 0.29) is 6.10 Å². The number of para-hydroxylation sites is 1. The van der Waals surface area contributed by atoms with Gasteiger partial charge in [0.25, 0.3) is 0 Å². The Hall–Kier alpha value is -4.24. The standard InChI is InChI=1S/C17H18N6O2.C9H10O/c1-3-25-17-19-9-12(10-20-17)14-11(2)15(21-16(18)24)23(22-14)13-7-5-4-6-8-13;10-9-5-7-3-1-2-4-8(7)6-9/h4-10H,3H2,1-2H3,(H3,18,21,24);1-4,9-10H,5-6H2. The molecule has 0 spiro atoms. The molecule has 0 radical (unpaired) electrons. The Balaban J connectivity index is 0.000000239. The smallest absolute Gasteiger partial charge is 0.317 e. The molecule has 0 saturated carbocycles. The lowest BCUT2D eigenvalue weighted by Crippen LogP contribution is -2.21. The maximum Gasteiger partial charge on any atom is 0.317 e. The summed E-state index contributed by atoms with van der Waals surface area (Å²) < 4.78 is 6.89. The second-order valence-electron chi connectivity index (χ2n) is 8.08. The van der Waals surface area contributed by atoms with Gasteiger partial charge in [-0.2, -0.15) is 5.10 Å². The van der Waals surface area contributed by atoms with Crippen molar-refractivity contribution in [2.75, 3.05) is 11.9 Å². The molecule has 1 aliphatic rings. The van der Waals surface area contributed by atoms with E-state index in [1.54, 1.807) is 17.1 Å². The first-order valence-electron chi connectivity index (χ1n) is 11.4. The van der Waals surface area contributed by atoms with Crippen LogP contribution in [0.2, 0.25) is 0 Å². The number of aliphatic hydroxyl groups is 1. The Morgan fingerprint density at radius 2 is 1.69 bits per heavy atom. The largest absolute Gasteiger partial charge is 0.464 e. The zero-order valence-electron chi connectivity index (χ0n) is 19.7. The molecule has 2 aromatic carbocycles. The van der Waals surface area contributed by atoms with E-state index in [1.165, 1.54) is 11.1 Å². The van der Waals surface area contributed by atoms with E-state index in [1.807, 2.05) is 56.3 Å². The van der Waals surface area contributed by atoms with E-state index in [9.17, 15) is 9.90 Å². The summed E-state index contributed by atoms with van der Waals surface area (Å²) in [7, 11) is 0. The van der Waals surface area contributed by atoms with Crippen LogP contribution in [0.1, 0.15) is 23.6 Å². The van der Waals surface area contributed by atoms with Gasteiger partial charge in [-0.15, -0.1) is 0 Å². The zero-order chi connectivity index (χ0) is 24.8. The summed E-state index contributed by atoms with van der Waals surface area (Å²) in [5, 5.41) is 16.5. The van der Waals surface area contributed by atoms with Crippen LogP contribution in [0.15, 0.2) is 67.0 Å². The molecule has 35 heavy (non-hydrogen) atoms. The summed E-state index contributed by atoms with van der Waals surface area (Å²) in [6.07, 6.45) is 4.83. The maximum absolute atomic E-state index is 11.4. The average molecular weight is 473 g/mol. The maximum atomic E-state index is 11.4. The number of carbonyl (C=O) groups is 1. The summed E-state index contributed by atoms with van der Waals surface area (Å²) in [6.45, 7) is 4.21. The molecule has 0 saturated heterocycles. The van der Waals surface area contributed by atoms with Gasteiger partial charge in [-0.05, 0) is 49.9 Å². The number of primary amides is 1. The molecule has 1 aliphatic carbocycles. The van der Waals surface area contributed by atoms with Gasteiger partial charge in [0.05, 0.1) is 18.4 Å². The van der Waals surface area contributed by atoms with Crippen molar-refractivity contribution in [2.45, 2.75) is 32.8 Å². The van der Waals surface area contributed by atoms with Crippen molar-refractivity contribution < 1.29 is 14.6 Å². The van der Waals surface area contributed by atoms with Crippen molar-refractivity contribution in [3.63, 3.8) is 0 Å². The van der Waals surface area contributed by atoms with Crippen LogP contribution in [0.3, 0.4) is 0 Å². The number of ether oxygens (including phenoxy) is 1. The Kier molecular flexibility index (Phi) is 7.37. The fourth-order valence-electron chi connectivity index (χ4n) is 3.97. The fraction of sp³-hybridized carbons (Fsp3) is 0.231. The number of nitrogens with zero attached hydrogens (tertiary/aromatic N) is 4. The molecular formula is C26H28N6O3. The van der Waals surface area contributed by atoms with Gasteiger partial charge < -0.3 is 15.6 Å². The van der Waals surface area contributed by atoms with Crippen molar-refractivity contribution in [1.82, 2.24) is 19.7 Å². The van der Waals surface area contributed by atoms with Crippen LogP contribution in [0, 0.1) is 6.92 Å². The van der Waals surface area contributed by atoms with Gasteiger partial charge in [0.2, 0.25) is 0 Å². The Bertz CT molecular complexity index is 1260. The second kappa shape index (κ2) is 10.8. The van der Waals surface area contributed by atoms with Crippen LogP contribution in [-0.2, 0) is 12.8 Å². The minimum Gasteiger partial charge on any atom is -0.464 e. The zero-order valence-corrected chi connectivity index (χ0v) is 19.7. The number of carbonyl (C=O) groups excluding carboxylic acids is 1. The number of aromatic nitrogens is 4. The molecule has 5 rings (SSSR count). The molecule has 2 aromatic heterocycles. The first-order chi connectivity index (χ1) is 17.0. The van der Waals surface area contributed by atoms with Gasteiger partial charge in [0, 0.05) is 23.5 Å². The molecule has 0 unspecified atom stereocenters. The first kappa shape index (κ1) is 23.9. The average Bonchev–Trinajstić information content (AvgIpc) is 3.39. The lowest BCUT2D eigenvalue weighted by atomic mass is 10.1. The second-order valence-corrected chi connectivity index (χ2v) is 8.08. The summed E-state index contributed by atoms with van der Waals surface area (Å²) in [4.78, 5) is 19.7. The number of fused-ring (bicyclic) bond motifs is 1. The van der Waals surface area contributed by atoms with Crippen molar-refractivity contribution in [2.24, 2.45) is 5.73 Å². The number of aliphatic hydroxyl groups excluding tert-OH is 1. The molecule has 0 aliphatic heterocycles. The minimum absolute atomic E-state index is 0.127. The molecule has 0 fully saturated rings. The molecule has 9 heteroatoms. The van der Waals surface area contributed by atoms with Crippen molar-refractivity contribution in [1.29, 1.82) is 0 Å².